The maximum absolute atomic E-state index is 12.4. The zero-order valence-corrected chi connectivity index (χ0v) is 21.4. The van der Waals surface area contributed by atoms with E-state index in [1.807, 2.05) is 54.6 Å². The molecule has 0 aliphatic heterocycles. The van der Waals surface area contributed by atoms with E-state index in [-0.39, 0.29) is 5.75 Å². The van der Waals surface area contributed by atoms with Crippen molar-refractivity contribution in [1.29, 1.82) is 0 Å². The number of urea groups is 1. The summed E-state index contributed by atoms with van der Waals surface area (Å²) in [5, 5.41) is 14.8. The van der Waals surface area contributed by atoms with Crippen molar-refractivity contribution in [2.75, 3.05) is 12.9 Å². The van der Waals surface area contributed by atoms with E-state index < -0.39 is 11.9 Å². The first-order valence-corrected chi connectivity index (χ1v) is 12.5. The number of carbonyl (C=O) groups excluding carboxylic acids is 2. The molecule has 4 aromatic rings. The van der Waals surface area contributed by atoms with Crippen LogP contribution >= 0.6 is 35.0 Å². The molecule has 0 fully saturated rings. The molecule has 0 saturated carbocycles. The number of imide groups is 1. The zero-order chi connectivity index (χ0) is 25.5. The van der Waals surface area contributed by atoms with Crippen molar-refractivity contribution in [3.63, 3.8) is 0 Å². The van der Waals surface area contributed by atoms with E-state index in [0.29, 0.717) is 39.0 Å². The molecule has 2 N–H and O–H groups in total. The molecule has 1 heterocycles. The number of hydrogen-bond donors (Lipinski definition) is 2. The highest BCUT2D eigenvalue weighted by atomic mass is 35.5. The normalized spacial score (nSPS) is 10.6. The summed E-state index contributed by atoms with van der Waals surface area (Å²) in [6, 6.07) is 21.3. The van der Waals surface area contributed by atoms with Crippen LogP contribution in [0.2, 0.25) is 10.0 Å². The summed E-state index contributed by atoms with van der Waals surface area (Å²) >= 11 is 13.5. The third kappa shape index (κ3) is 6.37. The van der Waals surface area contributed by atoms with Crippen molar-refractivity contribution in [1.82, 2.24) is 25.4 Å². The Bertz CT molecular complexity index is 1360. The van der Waals surface area contributed by atoms with Gasteiger partial charge in [0.2, 0.25) is 5.91 Å². The summed E-state index contributed by atoms with van der Waals surface area (Å²) in [6.45, 7) is 0.309. The standard InChI is InChI=1S/C25H21Cl2N5O3S/c1-35-19-10-7-17(8-11-19)23-30-31-25(32(23)18-9-12-20(26)21(27)13-18)36-15-22(33)29-24(34)28-14-16-5-3-2-4-6-16/h2-13H,14-15H2,1H3,(H2,28,29,33,34). The molecule has 0 unspecified atom stereocenters. The molecular formula is C25H21Cl2N5O3S. The molecule has 36 heavy (non-hydrogen) atoms. The lowest BCUT2D eigenvalue weighted by atomic mass is 10.2. The monoisotopic (exact) mass is 541 g/mol. The van der Waals surface area contributed by atoms with Gasteiger partial charge in [-0.1, -0.05) is 65.3 Å². The van der Waals surface area contributed by atoms with Crippen molar-refractivity contribution in [2.45, 2.75) is 11.7 Å². The largest absolute Gasteiger partial charge is 0.497 e. The van der Waals surface area contributed by atoms with Crippen LogP contribution in [0.4, 0.5) is 4.79 Å². The Morgan fingerprint density at radius 1 is 0.972 bits per heavy atom. The Balaban J connectivity index is 1.49. The van der Waals surface area contributed by atoms with Gasteiger partial charge in [0.15, 0.2) is 11.0 Å². The van der Waals surface area contributed by atoms with Gasteiger partial charge < -0.3 is 10.1 Å². The van der Waals surface area contributed by atoms with E-state index in [1.165, 1.54) is 0 Å². The van der Waals surface area contributed by atoms with E-state index in [9.17, 15) is 9.59 Å². The lowest BCUT2D eigenvalue weighted by Gasteiger charge is -2.12. The number of nitrogens with zero attached hydrogens (tertiary/aromatic N) is 3. The molecule has 3 amide bonds. The van der Waals surface area contributed by atoms with Gasteiger partial charge >= 0.3 is 6.03 Å². The second-order valence-electron chi connectivity index (χ2n) is 7.47. The summed E-state index contributed by atoms with van der Waals surface area (Å²) in [4.78, 5) is 24.5. The summed E-state index contributed by atoms with van der Waals surface area (Å²) in [6.07, 6.45) is 0. The molecule has 0 aliphatic rings. The van der Waals surface area contributed by atoms with Gasteiger partial charge in [0.1, 0.15) is 5.75 Å². The molecule has 0 bridgehead atoms. The molecule has 184 valence electrons. The van der Waals surface area contributed by atoms with E-state index >= 15 is 0 Å². The number of amides is 3. The first kappa shape index (κ1) is 25.6. The molecule has 0 saturated heterocycles. The van der Waals surface area contributed by atoms with Gasteiger partial charge in [-0.2, -0.15) is 0 Å². The predicted octanol–water partition coefficient (Wildman–Crippen LogP) is 5.37. The average Bonchev–Trinajstić information content (AvgIpc) is 3.32. The smallest absolute Gasteiger partial charge is 0.321 e. The maximum Gasteiger partial charge on any atom is 0.321 e. The highest BCUT2D eigenvalue weighted by molar-refractivity contribution is 7.99. The van der Waals surface area contributed by atoms with Gasteiger partial charge in [-0.15, -0.1) is 10.2 Å². The van der Waals surface area contributed by atoms with Crippen LogP contribution in [0.5, 0.6) is 5.75 Å². The van der Waals surface area contributed by atoms with Gasteiger partial charge in [-0.3, -0.25) is 14.7 Å². The Labute approximate surface area is 222 Å². The SMILES string of the molecule is COc1ccc(-c2nnc(SCC(=O)NC(=O)NCc3ccccc3)n2-c2ccc(Cl)c(Cl)c2)cc1. The van der Waals surface area contributed by atoms with Crippen LogP contribution in [0.3, 0.4) is 0 Å². The van der Waals surface area contributed by atoms with Crippen molar-refractivity contribution in [2.24, 2.45) is 0 Å². The summed E-state index contributed by atoms with van der Waals surface area (Å²) in [7, 11) is 1.59. The fourth-order valence-electron chi connectivity index (χ4n) is 3.26. The highest BCUT2D eigenvalue weighted by Crippen LogP contribution is 2.32. The van der Waals surface area contributed by atoms with Crippen LogP contribution in [0.15, 0.2) is 78.0 Å². The Kier molecular flexibility index (Phi) is 8.48. The molecule has 0 aliphatic carbocycles. The predicted molar refractivity (Wildman–Crippen MR) is 141 cm³/mol. The van der Waals surface area contributed by atoms with Crippen molar-refractivity contribution >= 4 is 46.9 Å². The van der Waals surface area contributed by atoms with Gasteiger partial charge in [0.25, 0.3) is 0 Å². The second-order valence-corrected chi connectivity index (χ2v) is 9.23. The topological polar surface area (TPSA) is 98.1 Å². The average molecular weight is 542 g/mol. The number of carbonyl (C=O) groups is 2. The summed E-state index contributed by atoms with van der Waals surface area (Å²) in [5.41, 5.74) is 2.38. The number of nitrogens with one attached hydrogen (secondary N) is 2. The number of ether oxygens (including phenoxy) is 1. The van der Waals surface area contributed by atoms with Gasteiger partial charge in [0.05, 0.1) is 28.6 Å². The van der Waals surface area contributed by atoms with E-state index in [4.69, 9.17) is 27.9 Å². The van der Waals surface area contributed by atoms with E-state index in [2.05, 4.69) is 20.8 Å². The number of benzene rings is 3. The number of halogens is 2. The van der Waals surface area contributed by atoms with Crippen molar-refractivity contribution in [3.05, 3.63) is 88.4 Å². The van der Waals surface area contributed by atoms with Crippen LogP contribution in [0.25, 0.3) is 17.1 Å². The molecule has 11 heteroatoms. The molecule has 8 nitrogen and oxygen atoms in total. The Morgan fingerprint density at radius 2 is 1.72 bits per heavy atom. The number of thioether (sulfide) groups is 1. The van der Waals surface area contributed by atoms with Crippen LogP contribution < -0.4 is 15.4 Å². The molecule has 3 aromatic carbocycles. The van der Waals surface area contributed by atoms with Crippen LogP contribution in [-0.2, 0) is 11.3 Å². The molecule has 0 radical (unpaired) electrons. The third-order valence-corrected chi connectivity index (χ3v) is 6.69. The second kappa shape index (κ2) is 11.9. The van der Waals surface area contributed by atoms with E-state index in [0.717, 1.165) is 22.9 Å². The summed E-state index contributed by atoms with van der Waals surface area (Å²) in [5.74, 6) is 0.719. The van der Waals surface area contributed by atoms with Crippen molar-refractivity contribution < 1.29 is 14.3 Å². The molecule has 0 spiro atoms. The number of hydrogen-bond acceptors (Lipinski definition) is 6. The molecular weight excluding hydrogens is 521 g/mol. The number of aromatic nitrogens is 3. The molecule has 4 rings (SSSR count). The Morgan fingerprint density at radius 3 is 2.42 bits per heavy atom. The summed E-state index contributed by atoms with van der Waals surface area (Å²) < 4.78 is 7.01. The fraction of sp³-hybridized carbons (Fsp3) is 0.120. The highest BCUT2D eigenvalue weighted by Gasteiger charge is 2.19. The minimum atomic E-state index is -0.575. The number of methoxy groups -OCH3 is 1. The lowest BCUT2D eigenvalue weighted by Crippen LogP contribution is -2.40. The molecule has 1 aromatic heterocycles. The van der Waals surface area contributed by atoms with E-state index in [1.54, 1.807) is 29.9 Å². The minimum absolute atomic E-state index is 0.0547. The zero-order valence-electron chi connectivity index (χ0n) is 19.1. The van der Waals surface area contributed by atoms with Crippen LogP contribution in [0.1, 0.15) is 5.56 Å². The number of rotatable bonds is 8. The van der Waals surface area contributed by atoms with Crippen LogP contribution in [0, 0.1) is 0 Å². The first-order chi connectivity index (χ1) is 17.4. The third-order valence-electron chi connectivity index (χ3n) is 5.02. The fourth-order valence-corrected chi connectivity index (χ4v) is 4.31. The first-order valence-electron chi connectivity index (χ1n) is 10.7. The minimum Gasteiger partial charge on any atom is -0.497 e. The van der Waals surface area contributed by atoms with Gasteiger partial charge in [-0.25, -0.2) is 4.79 Å². The molecule has 0 atom stereocenters. The van der Waals surface area contributed by atoms with Crippen LogP contribution in [-0.4, -0.2) is 39.6 Å². The van der Waals surface area contributed by atoms with Gasteiger partial charge in [0, 0.05) is 12.1 Å². The van der Waals surface area contributed by atoms with Gasteiger partial charge in [-0.05, 0) is 48.0 Å². The quantitative estimate of drug-likeness (QED) is 0.291. The lowest BCUT2D eigenvalue weighted by molar-refractivity contribution is -0.117. The Hall–Kier alpha value is -3.53. The maximum atomic E-state index is 12.4. The van der Waals surface area contributed by atoms with Crippen molar-refractivity contribution in [3.8, 4) is 22.8 Å².